The van der Waals surface area contributed by atoms with E-state index in [-0.39, 0.29) is 24.8 Å². The van der Waals surface area contributed by atoms with Crippen molar-refractivity contribution in [1.82, 2.24) is 5.32 Å². The number of carbonyl (C=O) groups is 2. The second-order valence-corrected chi connectivity index (χ2v) is 9.18. The summed E-state index contributed by atoms with van der Waals surface area (Å²) in [5, 5.41) is 11.6. The first-order chi connectivity index (χ1) is 17.5. The summed E-state index contributed by atoms with van der Waals surface area (Å²) >= 11 is 6.37. The van der Waals surface area contributed by atoms with Crippen LogP contribution in [0.2, 0.25) is 5.02 Å². The average molecular weight is 534 g/mol. The first-order valence-electron chi connectivity index (χ1n) is 11.7. The van der Waals surface area contributed by atoms with Gasteiger partial charge >= 0.3 is 12.1 Å². The number of aliphatic carboxylic acids is 1. The molecule has 3 rings (SSSR count). The van der Waals surface area contributed by atoms with Gasteiger partial charge in [0.05, 0.1) is 23.6 Å². The third kappa shape index (κ3) is 8.53. The van der Waals surface area contributed by atoms with E-state index in [0.29, 0.717) is 34.1 Å². The lowest BCUT2D eigenvalue weighted by Gasteiger charge is -2.15. The number of benzene rings is 3. The first kappa shape index (κ1) is 28.1. The minimum absolute atomic E-state index is 0.0798. The quantitative estimate of drug-likeness (QED) is 0.282. The molecule has 0 saturated heterocycles. The van der Waals surface area contributed by atoms with Crippen molar-refractivity contribution in [2.45, 2.75) is 32.4 Å². The highest BCUT2D eigenvalue weighted by Gasteiger charge is 2.30. The Balaban J connectivity index is 1.47. The van der Waals surface area contributed by atoms with Gasteiger partial charge in [-0.2, -0.15) is 13.2 Å². The Labute approximate surface area is 218 Å². The Morgan fingerprint density at radius 3 is 2.30 bits per heavy atom. The molecule has 0 bridgehead atoms. The highest BCUT2D eigenvalue weighted by Crippen LogP contribution is 2.34. The lowest BCUT2D eigenvalue weighted by molar-refractivity contribution is -0.138. The van der Waals surface area contributed by atoms with E-state index in [2.05, 4.69) is 12.2 Å². The van der Waals surface area contributed by atoms with Crippen LogP contribution in [-0.4, -0.2) is 30.1 Å². The highest BCUT2D eigenvalue weighted by molar-refractivity contribution is 6.33. The number of alkyl halides is 3. The number of carbonyl (C=O) groups excluding carboxylic acids is 1. The second kappa shape index (κ2) is 12.6. The first-order valence-corrected chi connectivity index (χ1v) is 12.1. The van der Waals surface area contributed by atoms with Gasteiger partial charge in [0.15, 0.2) is 0 Å². The van der Waals surface area contributed by atoms with Gasteiger partial charge in [-0.05, 0) is 72.4 Å². The summed E-state index contributed by atoms with van der Waals surface area (Å²) in [6.45, 7) is 2.60. The van der Waals surface area contributed by atoms with E-state index in [0.717, 1.165) is 30.5 Å². The molecule has 1 amide bonds. The van der Waals surface area contributed by atoms with Gasteiger partial charge in [-0.15, -0.1) is 0 Å². The van der Waals surface area contributed by atoms with E-state index in [1.807, 2.05) is 12.1 Å². The van der Waals surface area contributed by atoms with Crippen molar-refractivity contribution in [2.75, 3.05) is 13.2 Å². The van der Waals surface area contributed by atoms with E-state index in [1.165, 1.54) is 12.1 Å². The zero-order valence-electron chi connectivity index (χ0n) is 20.1. The molecule has 3 aromatic rings. The Kier molecular flexibility index (Phi) is 9.58. The topological polar surface area (TPSA) is 75.6 Å². The summed E-state index contributed by atoms with van der Waals surface area (Å²) in [5.41, 5.74) is 2.03. The Hall–Kier alpha value is -3.52. The smallest absolute Gasteiger partial charge is 0.416 e. The van der Waals surface area contributed by atoms with Gasteiger partial charge in [-0.1, -0.05) is 42.8 Å². The summed E-state index contributed by atoms with van der Waals surface area (Å²) in [7, 11) is 0. The molecule has 1 unspecified atom stereocenters. The van der Waals surface area contributed by atoms with Crippen LogP contribution in [0, 0.1) is 5.92 Å². The maximum atomic E-state index is 12.8. The van der Waals surface area contributed by atoms with E-state index in [1.54, 1.807) is 30.3 Å². The van der Waals surface area contributed by atoms with E-state index in [9.17, 15) is 22.8 Å². The van der Waals surface area contributed by atoms with Gasteiger partial charge < -0.3 is 15.2 Å². The molecule has 196 valence electrons. The molecule has 0 spiro atoms. The van der Waals surface area contributed by atoms with Gasteiger partial charge in [-0.25, -0.2) is 0 Å². The number of carboxylic acid groups (broad SMARTS) is 1. The van der Waals surface area contributed by atoms with Crippen LogP contribution < -0.4 is 10.1 Å². The van der Waals surface area contributed by atoms with Crippen LogP contribution in [0.1, 0.15) is 41.3 Å². The fourth-order valence-corrected chi connectivity index (χ4v) is 3.88. The lowest BCUT2D eigenvalue weighted by atomic mass is 10.0. The van der Waals surface area contributed by atoms with E-state index in [4.69, 9.17) is 21.4 Å². The van der Waals surface area contributed by atoms with Gasteiger partial charge in [0.2, 0.25) is 0 Å². The van der Waals surface area contributed by atoms with Crippen molar-refractivity contribution in [3.8, 4) is 16.9 Å². The number of aryl methyl sites for hydroxylation is 1. The Bertz CT molecular complexity index is 1210. The predicted molar refractivity (Wildman–Crippen MR) is 136 cm³/mol. The minimum Gasteiger partial charge on any atom is -0.493 e. The molecule has 5 nitrogen and oxygen atoms in total. The maximum absolute atomic E-state index is 12.8. The largest absolute Gasteiger partial charge is 0.493 e. The molecule has 0 aliphatic heterocycles. The summed E-state index contributed by atoms with van der Waals surface area (Å²) in [5.74, 6) is -0.470. The number of amides is 1. The standard InChI is InChI=1S/C28H27ClF3NO4/c1-18(2-3-19-4-6-21(7-5-19)27(36)33-15-14-26(34)35)17-37-23-12-13-24(25(29)16-23)20-8-10-22(11-9-20)28(30,31)32/h4-13,16,18H,2-3,14-15,17H2,1H3,(H,33,36)(H,34,35). The van der Waals surface area contributed by atoms with Crippen molar-refractivity contribution in [3.63, 3.8) is 0 Å². The fraction of sp³-hybridized carbons (Fsp3) is 0.286. The molecular weight excluding hydrogens is 507 g/mol. The zero-order valence-corrected chi connectivity index (χ0v) is 20.9. The third-order valence-corrected chi connectivity index (χ3v) is 6.08. The zero-order chi connectivity index (χ0) is 27.0. The number of hydrogen-bond acceptors (Lipinski definition) is 3. The molecular formula is C28H27ClF3NO4. The minimum atomic E-state index is -4.39. The summed E-state index contributed by atoms with van der Waals surface area (Å²) in [6.07, 6.45) is -2.87. The van der Waals surface area contributed by atoms with Gasteiger partial charge in [-0.3, -0.25) is 9.59 Å². The molecule has 1 atom stereocenters. The number of nitrogens with one attached hydrogen (secondary N) is 1. The van der Waals surface area contributed by atoms with Crippen molar-refractivity contribution in [1.29, 1.82) is 0 Å². The Morgan fingerprint density at radius 2 is 1.70 bits per heavy atom. The SMILES string of the molecule is CC(CCc1ccc(C(=O)NCCC(=O)O)cc1)COc1ccc(-c2ccc(C(F)(F)F)cc2)c(Cl)c1. The maximum Gasteiger partial charge on any atom is 0.416 e. The number of carboxylic acids is 1. The van der Waals surface area contributed by atoms with Gasteiger partial charge in [0.1, 0.15) is 5.75 Å². The van der Waals surface area contributed by atoms with E-state index >= 15 is 0 Å². The van der Waals surface area contributed by atoms with Crippen LogP contribution in [0.3, 0.4) is 0 Å². The summed E-state index contributed by atoms with van der Waals surface area (Å²) in [6, 6.07) is 17.2. The fourth-order valence-electron chi connectivity index (χ4n) is 3.60. The number of halogens is 4. The Morgan fingerprint density at radius 1 is 1.03 bits per heavy atom. The van der Waals surface area contributed by atoms with Gasteiger partial charge in [0, 0.05) is 17.7 Å². The molecule has 0 radical (unpaired) electrons. The molecule has 0 heterocycles. The molecule has 0 fully saturated rings. The van der Waals surface area contributed by atoms with Crippen LogP contribution in [-0.2, 0) is 17.4 Å². The molecule has 0 saturated carbocycles. The number of ether oxygens (including phenoxy) is 1. The second-order valence-electron chi connectivity index (χ2n) is 8.77. The van der Waals surface area contributed by atoms with Crippen molar-refractivity contribution in [2.24, 2.45) is 5.92 Å². The molecule has 0 aliphatic rings. The van der Waals surface area contributed by atoms with Crippen LogP contribution in [0.25, 0.3) is 11.1 Å². The summed E-state index contributed by atoms with van der Waals surface area (Å²) in [4.78, 5) is 22.6. The molecule has 2 N–H and O–H groups in total. The number of hydrogen-bond donors (Lipinski definition) is 2. The molecule has 0 aliphatic carbocycles. The van der Waals surface area contributed by atoms with Crippen LogP contribution in [0.5, 0.6) is 5.75 Å². The van der Waals surface area contributed by atoms with E-state index < -0.39 is 17.7 Å². The monoisotopic (exact) mass is 533 g/mol. The van der Waals surface area contributed by atoms with Crippen LogP contribution in [0.15, 0.2) is 66.7 Å². The van der Waals surface area contributed by atoms with Crippen molar-refractivity contribution >= 4 is 23.5 Å². The molecule has 9 heteroatoms. The highest BCUT2D eigenvalue weighted by atomic mass is 35.5. The van der Waals surface area contributed by atoms with Crippen molar-refractivity contribution in [3.05, 3.63) is 88.4 Å². The number of rotatable bonds is 11. The van der Waals surface area contributed by atoms with Crippen LogP contribution in [0.4, 0.5) is 13.2 Å². The normalized spacial score (nSPS) is 12.1. The predicted octanol–water partition coefficient (Wildman–Crippen LogP) is 6.88. The summed E-state index contributed by atoms with van der Waals surface area (Å²) < 4.78 is 44.2. The molecule has 3 aromatic carbocycles. The molecule has 37 heavy (non-hydrogen) atoms. The van der Waals surface area contributed by atoms with Crippen molar-refractivity contribution < 1.29 is 32.6 Å². The lowest BCUT2D eigenvalue weighted by Crippen LogP contribution is -2.25. The van der Waals surface area contributed by atoms with Crippen LogP contribution >= 0.6 is 11.6 Å². The average Bonchev–Trinajstić information content (AvgIpc) is 2.86. The third-order valence-electron chi connectivity index (χ3n) is 5.76. The molecule has 0 aromatic heterocycles. The van der Waals surface area contributed by atoms with Gasteiger partial charge in [0.25, 0.3) is 5.91 Å².